The molecule has 0 spiro atoms. The first-order valence-corrected chi connectivity index (χ1v) is 16.4. The van der Waals surface area contributed by atoms with Crippen molar-refractivity contribution in [3.8, 4) is 0 Å². The fraction of sp³-hybridized carbons (Fsp3) is 0.282. The second-order valence-corrected chi connectivity index (χ2v) is 7.90. The topological polar surface area (TPSA) is 72.4 Å². The van der Waals surface area contributed by atoms with Crippen molar-refractivity contribution in [3.63, 3.8) is 0 Å². The molecule has 4 nitrogen and oxygen atoms in total. The van der Waals surface area contributed by atoms with Crippen LogP contribution >= 0.6 is 0 Å². The SMILES string of the molecule is CC.CC.CC.CC.CO.Cc1cccc2ccccc12.Cc1ccccc1.O=S([O-])Nc1ccccc1.[Y].[c-]1ccccc1. The molecule has 5 aromatic rings. The summed E-state index contributed by atoms with van der Waals surface area (Å²) >= 11 is -2.22. The summed E-state index contributed by atoms with van der Waals surface area (Å²) < 4.78 is 22.3. The molecule has 1 atom stereocenters. The van der Waals surface area contributed by atoms with E-state index >= 15 is 0 Å². The second kappa shape index (κ2) is 43.5. The molecule has 0 bridgehead atoms. The van der Waals surface area contributed by atoms with Crippen LogP contribution in [-0.2, 0) is 44.0 Å². The summed E-state index contributed by atoms with van der Waals surface area (Å²) in [6, 6.07) is 46.3. The summed E-state index contributed by atoms with van der Waals surface area (Å²) in [6.07, 6.45) is 0. The van der Waals surface area contributed by atoms with Gasteiger partial charge in [-0.2, -0.15) is 36.4 Å². The fourth-order valence-corrected chi connectivity index (χ4v) is 3.19. The van der Waals surface area contributed by atoms with E-state index in [0.29, 0.717) is 5.69 Å². The minimum atomic E-state index is -2.22. The Morgan fingerprint density at radius 2 is 0.978 bits per heavy atom. The van der Waals surface area contributed by atoms with E-state index in [1.54, 1.807) is 24.3 Å². The normalized spacial score (nSPS) is 8.38. The molecular weight excluding hydrogens is 651 g/mol. The van der Waals surface area contributed by atoms with Crippen molar-refractivity contribution in [3.05, 3.63) is 151 Å². The van der Waals surface area contributed by atoms with Crippen molar-refractivity contribution < 1.29 is 46.6 Å². The smallest absolute Gasteiger partial charge is 0.0452 e. The molecule has 5 rings (SSSR count). The van der Waals surface area contributed by atoms with Crippen LogP contribution in [0, 0.1) is 19.9 Å². The Morgan fingerprint density at radius 3 is 1.33 bits per heavy atom. The Hall–Kier alpha value is -2.67. The quantitative estimate of drug-likeness (QED) is 0.142. The first-order valence-electron chi connectivity index (χ1n) is 15.3. The van der Waals surface area contributed by atoms with E-state index in [-0.39, 0.29) is 32.7 Å². The molecule has 247 valence electrons. The Bertz CT molecular complexity index is 1190. The van der Waals surface area contributed by atoms with Crippen molar-refractivity contribution in [2.45, 2.75) is 69.2 Å². The molecule has 0 saturated heterocycles. The molecule has 0 saturated carbocycles. The number of hydrogen-bond acceptors (Lipinski definition) is 3. The second-order valence-electron chi connectivity index (χ2n) is 7.23. The van der Waals surface area contributed by atoms with E-state index in [9.17, 15) is 8.76 Å². The molecule has 5 aromatic carbocycles. The number of anilines is 1. The van der Waals surface area contributed by atoms with Crippen molar-refractivity contribution >= 4 is 27.7 Å². The molecule has 1 radical (unpaired) electrons. The third-order valence-electron chi connectivity index (χ3n) is 4.53. The van der Waals surface area contributed by atoms with Crippen LogP contribution in [0.2, 0.25) is 0 Å². The number of aliphatic hydroxyl groups is 1. The monoisotopic (exact) mass is 708 g/mol. The molecule has 6 heteroatoms. The molecule has 0 amide bonds. The number of nitrogens with one attached hydrogen (secondary N) is 1. The van der Waals surface area contributed by atoms with Crippen LogP contribution in [-0.4, -0.2) is 21.0 Å². The molecule has 0 heterocycles. The van der Waals surface area contributed by atoms with Gasteiger partial charge in [0.1, 0.15) is 0 Å². The zero-order valence-corrected chi connectivity index (χ0v) is 33.1. The summed E-state index contributed by atoms with van der Waals surface area (Å²) in [4.78, 5) is 0. The molecule has 0 aliphatic rings. The van der Waals surface area contributed by atoms with Crippen molar-refractivity contribution in [2.24, 2.45) is 0 Å². The molecular formula is C39H57NO3SY-2. The maximum atomic E-state index is 10.1. The zero-order valence-electron chi connectivity index (χ0n) is 29.5. The van der Waals surface area contributed by atoms with Crippen LogP contribution in [0.4, 0.5) is 5.69 Å². The number of para-hydroxylation sites is 1. The Labute approximate surface area is 304 Å². The van der Waals surface area contributed by atoms with Gasteiger partial charge in [-0.05, 0) is 42.3 Å². The van der Waals surface area contributed by atoms with Gasteiger partial charge < -0.3 is 14.4 Å². The predicted molar refractivity (Wildman–Crippen MR) is 198 cm³/mol. The van der Waals surface area contributed by atoms with Crippen LogP contribution < -0.4 is 4.72 Å². The third-order valence-corrected chi connectivity index (χ3v) is 4.93. The van der Waals surface area contributed by atoms with Gasteiger partial charge in [-0.1, -0.05) is 152 Å². The molecule has 45 heavy (non-hydrogen) atoms. The van der Waals surface area contributed by atoms with Gasteiger partial charge in [-0.3, -0.25) is 4.21 Å². The van der Waals surface area contributed by atoms with Crippen molar-refractivity contribution in [1.29, 1.82) is 0 Å². The van der Waals surface area contributed by atoms with Crippen LogP contribution in [0.15, 0.2) is 133 Å². The fourth-order valence-electron chi connectivity index (χ4n) is 2.87. The van der Waals surface area contributed by atoms with Gasteiger partial charge >= 0.3 is 0 Å². The minimum Gasteiger partial charge on any atom is -0.755 e. The maximum absolute atomic E-state index is 10.1. The van der Waals surface area contributed by atoms with Gasteiger partial charge in [0, 0.05) is 56.8 Å². The van der Waals surface area contributed by atoms with E-state index in [0.717, 1.165) is 7.11 Å². The number of aryl methyl sites for hydroxylation is 2. The largest absolute Gasteiger partial charge is 0.755 e. The molecule has 0 aliphatic heterocycles. The van der Waals surface area contributed by atoms with E-state index in [4.69, 9.17) is 5.11 Å². The summed E-state index contributed by atoms with van der Waals surface area (Å²) in [5, 5.41) is 9.68. The van der Waals surface area contributed by atoms with Crippen LogP contribution in [0.25, 0.3) is 10.8 Å². The number of fused-ring (bicyclic) bond motifs is 1. The van der Waals surface area contributed by atoms with Crippen molar-refractivity contribution in [2.75, 3.05) is 11.8 Å². The number of benzene rings is 5. The molecule has 0 fully saturated rings. The minimum absolute atomic E-state index is 0. The first kappa shape index (κ1) is 51.9. The molecule has 0 aliphatic carbocycles. The van der Waals surface area contributed by atoms with Gasteiger partial charge in [0.2, 0.25) is 0 Å². The third kappa shape index (κ3) is 32.5. The average molecular weight is 709 g/mol. The zero-order chi connectivity index (χ0) is 34.4. The predicted octanol–water partition coefficient (Wildman–Crippen LogP) is 11.2. The van der Waals surface area contributed by atoms with E-state index in [2.05, 4.69) is 79.2 Å². The van der Waals surface area contributed by atoms with Crippen LogP contribution in [0.5, 0.6) is 0 Å². The Kier molecular flexibility index (Phi) is 50.1. The molecule has 1 unspecified atom stereocenters. The Balaban J connectivity index is -0.000000146. The van der Waals surface area contributed by atoms with E-state index in [1.165, 1.54) is 21.9 Å². The van der Waals surface area contributed by atoms with E-state index < -0.39 is 11.3 Å². The summed E-state index contributed by atoms with van der Waals surface area (Å²) in [5.74, 6) is 0. The van der Waals surface area contributed by atoms with Gasteiger partial charge in [-0.25, -0.2) is 0 Å². The molecule has 2 N–H and O–H groups in total. The average Bonchev–Trinajstić information content (AvgIpc) is 3.12. The van der Waals surface area contributed by atoms with Crippen LogP contribution in [0.1, 0.15) is 66.5 Å². The number of rotatable bonds is 2. The van der Waals surface area contributed by atoms with Gasteiger partial charge in [0.25, 0.3) is 0 Å². The first-order chi connectivity index (χ1) is 21.6. The standard InChI is InChI=1S/C11H10.C7H8.C6H7NO2S.C6H5.4C2H6.CH4O.Y/c1-9-5-4-7-10-6-2-3-8-11(9)10;1-7-5-3-2-4-6-7;8-10(9)7-6-4-2-1-3-5-6;1-2-4-6-5-3-1;5*1-2;/h2-8H,1H3;2-6H,1H3;1-5,7H,(H,8,9);1-5H;4*1-2H3;2H,1H3;/q;;;-1;;;;;;/p-1. The van der Waals surface area contributed by atoms with Gasteiger partial charge in [0.05, 0.1) is 0 Å². The number of aliphatic hydroxyl groups excluding tert-OH is 1. The maximum Gasteiger partial charge on any atom is 0.0452 e. The van der Waals surface area contributed by atoms with Gasteiger partial charge in [0.15, 0.2) is 0 Å². The Morgan fingerprint density at radius 1 is 0.578 bits per heavy atom. The van der Waals surface area contributed by atoms with Crippen LogP contribution in [0.3, 0.4) is 0 Å². The summed E-state index contributed by atoms with van der Waals surface area (Å²) in [7, 11) is 1.00. The number of hydrogen-bond donors (Lipinski definition) is 2. The molecule has 0 aromatic heterocycles. The van der Waals surface area contributed by atoms with Gasteiger partial charge in [-0.15, -0.1) is 0 Å². The summed E-state index contributed by atoms with van der Waals surface area (Å²) in [6.45, 7) is 20.2. The van der Waals surface area contributed by atoms with Crippen molar-refractivity contribution in [1.82, 2.24) is 0 Å². The summed E-state index contributed by atoms with van der Waals surface area (Å²) in [5.41, 5.74) is 3.25. The van der Waals surface area contributed by atoms with E-state index in [1.807, 2.05) is 110 Å².